The molecule has 0 unspecified atom stereocenters. The van der Waals surface area contributed by atoms with Gasteiger partial charge in [-0.3, -0.25) is 0 Å². The lowest BCUT2D eigenvalue weighted by molar-refractivity contribution is 0.828. The molecule has 0 saturated heterocycles. The Hall–Kier alpha value is -1.55. The van der Waals surface area contributed by atoms with Crippen LogP contribution in [0.25, 0.3) is 0 Å². The number of fused-ring (bicyclic) bond motifs is 1. The van der Waals surface area contributed by atoms with Crippen LogP contribution in [0.2, 0.25) is 0 Å². The van der Waals surface area contributed by atoms with Crippen molar-refractivity contribution in [3.05, 3.63) is 39.8 Å². The lowest BCUT2D eigenvalue weighted by atomic mass is 10.1. The Morgan fingerprint density at radius 2 is 2.35 bits per heavy atom. The Labute approximate surface area is 105 Å². The van der Waals surface area contributed by atoms with Crippen LogP contribution < -0.4 is 10.6 Å². The average molecular weight is 245 g/mol. The quantitative estimate of drug-likeness (QED) is 0.827. The van der Waals surface area contributed by atoms with Gasteiger partial charge < -0.3 is 10.6 Å². The van der Waals surface area contributed by atoms with Gasteiger partial charge in [0.25, 0.3) is 0 Å². The van der Waals surface area contributed by atoms with Crippen LogP contribution in [0.5, 0.6) is 0 Å². The predicted octanol–water partition coefficient (Wildman–Crippen LogP) is 2.60. The van der Waals surface area contributed by atoms with Gasteiger partial charge in [0.05, 0.1) is 17.9 Å². The van der Waals surface area contributed by atoms with Gasteiger partial charge in [0, 0.05) is 17.6 Å². The molecular formula is C13H15N3S. The second-order valence-electron chi connectivity index (χ2n) is 4.41. The van der Waals surface area contributed by atoms with Gasteiger partial charge in [0.2, 0.25) is 0 Å². The summed E-state index contributed by atoms with van der Waals surface area (Å²) in [5.74, 6) is 0. The second kappa shape index (κ2) is 4.04. The van der Waals surface area contributed by atoms with Crippen LogP contribution in [-0.2, 0) is 13.0 Å². The van der Waals surface area contributed by atoms with Crippen molar-refractivity contribution in [1.82, 2.24) is 4.98 Å². The van der Waals surface area contributed by atoms with E-state index >= 15 is 0 Å². The van der Waals surface area contributed by atoms with Gasteiger partial charge in [-0.05, 0) is 25.0 Å². The van der Waals surface area contributed by atoms with E-state index in [-0.39, 0.29) is 0 Å². The number of aryl methyl sites for hydroxylation is 1. The number of aromatic nitrogens is 1. The van der Waals surface area contributed by atoms with E-state index in [0.29, 0.717) is 0 Å². The van der Waals surface area contributed by atoms with Crippen molar-refractivity contribution in [3.8, 4) is 0 Å². The number of nitrogens with zero attached hydrogens (tertiary/aromatic N) is 2. The normalized spacial score (nSPS) is 14.1. The molecule has 1 aliphatic rings. The molecule has 2 heterocycles. The molecular weight excluding hydrogens is 230 g/mol. The fourth-order valence-corrected chi connectivity index (χ4v) is 3.15. The fourth-order valence-electron chi connectivity index (χ4n) is 2.36. The summed E-state index contributed by atoms with van der Waals surface area (Å²) in [5.41, 5.74) is 10.6. The molecule has 3 nitrogen and oxygen atoms in total. The average Bonchev–Trinajstić information content (AvgIpc) is 2.88. The Balaban J connectivity index is 1.89. The molecule has 0 amide bonds. The summed E-state index contributed by atoms with van der Waals surface area (Å²) >= 11 is 1.72. The molecule has 0 atom stereocenters. The van der Waals surface area contributed by atoms with Crippen molar-refractivity contribution >= 4 is 22.7 Å². The molecule has 0 spiro atoms. The van der Waals surface area contributed by atoms with Crippen LogP contribution in [0.1, 0.15) is 16.3 Å². The van der Waals surface area contributed by atoms with E-state index in [4.69, 9.17) is 5.73 Å². The first-order valence-corrected chi connectivity index (χ1v) is 6.65. The number of rotatable bonds is 2. The lowest BCUT2D eigenvalue weighted by Gasteiger charge is -2.19. The van der Waals surface area contributed by atoms with Crippen LogP contribution >= 0.6 is 11.3 Å². The van der Waals surface area contributed by atoms with Crippen molar-refractivity contribution in [2.75, 3.05) is 17.2 Å². The smallest absolute Gasteiger partial charge is 0.112 e. The van der Waals surface area contributed by atoms with Crippen molar-refractivity contribution < 1.29 is 0 Å². The topological polar surface area (TPSA) is 42.1 Å². The van der Waals surface area contributed by atoms with Gasteiger partial charge in [-0.25, -0.2) is 4.98 Å². The molecule has 17 heavy (non-hydrogen) atoms. The number of benzene rings is 1. The Morgan fingerprint density at radius 3 is 3.12 bits per heavy atom. The maximum atomic E-state index is 6.06. The number of nitrogens with two attached hydrogens (primary N) is 1. The molecule has 2 aromatic rings. The monoisotopic (exact) mass is 245 g/mol. The van der Waals surface area contributed by atoms with Gasteiger partial charge in [0.1, 0.15) is 5.01 Å². The first-order valence-electron chi connectivity index (χ1n) is 5.77. The zero-order valence-corrected chi connectivity index (χ0v) is 10.6. The molecule has 0 radical (unpaired) electrons. The summed E-state index contributed by atoms with van der Waals surface area (Å²) < 4.78 is 0. The highest BCUT2D eigenvalue weighted by Gasteiger charge is 2.21. The number of hydrogen-bond donors (Lipinski definition) is 1. The molecule has 0 aliphatic carbocycles. The SMILES string of the molecule is Cc1csc(CN2CCc3cccc(N)c32)n1. The standard InChI is InChI=1S/C13H15N3S/c1-9-8-17-12(15-9)7-16-6-5-10-3-2-4-11(14)13(10)16/h2-4,8H,5-7,14H2,1H3. The third-order valence-corrected chi connectivity index (χ3v) is 4.06. The minimum atomic E-state index is 0.875. The Kier molecular flexibility index (Phi) is 2.52. The second-order valence-corrected chi connectivity index (χ2v) is 5.35. The molecule has 1 aliphatic heterocycles. The first-order chi connectivity index (χ1) is 8.24. The highest BCUT2D eigenvalue weighted by atomic mass is 32.1. The van der Waals surface area contributed by atoms with Gasteiger partial charge in [-0.2, -0.15) is 0 Å². The van der Waals surface area contributed by atoms with Crippen molar-refractivity contribution in [2.24, 2.45) is 0 Å². The van der Waals surface area contributed by atoms with E-state index in [9.17, 15) is 0 Å². The van der Waals surface area contributed by atoms with Crippen LogP contribution in [0.3, 0.4) is 0 Å². The summed E-state index contributed by atoms with van der Waals surface area (Å²) in [5, 5.41) is 3.26. The molecule has 1 aromatic carbocycles. The van der Waals surface area contributed by atoms with E-state index in [1.165, 1.54) is 16.3 Å². The van der Waals surface area contributed by atoms with E-state index < -0.39 is 0 Å². The van der Waals surface area contributed by atoms with Crippen LogP contribution in [0.4, 0.5) is 11.4 Å². The number of anilines is 2. The maximum Gasteiger partial charge on any atom is 0.112 e. The van der Waals surface area contributed by atoms with Gasteiger partial charge in [-0.1, -0.05) is 12.1 Å². The number of para-hydroxylation sites is 1. The molecule has 88 valence electrons. The van der Waals surface area contributed by atoms with Crippen LogP contribution in [0.15, 0.2) is 23.6 Å². The number of hydrogen-bond acceptors (Lipinski definition) is 4. The van der Waals surface area contributed by atoms with Crippen LogP contribution in [0, 0.1) is 6.92 Å². The largest absolute Gasteiger partial charge is 0.397 e. The highest BCUT2D eigenvalue weighted by molar-refractivity contribution is 7.09. The number of thiazole rings is 1. The molecule has 0 fully saturated rings. The summed E-state index contributed by atoms with van der Waals surface area (Å²) in [4.78, 5) is 6.85. The van der Waals surface area contributed by atoms with E-state index in [1.54, 1.807) is 11.3 Å². The van der Waals surface area contributed by atoms with E-state index in [1.807, 2.05) is 19.1 Å². The van der Waals surface area contributed by atoms with Gasteiger partial charge in [-0.15, -0.1) is 11.3 Å². The van der Waals surface area contributed by atoms with Crippen LogP contribution in [-0.4, -0.2) is 11.5 Å². The summed E-state index contributed by atoms with van der Waals surface area (Å²) in [6.45, 7) is 3.95. The summed E-state index contributed by atoms with van der Waals surface area (Å²) in [6, 6.07) is 6.17. The molecule has 4 heteroatoms. The Morgan fingerprint density at radius 1 is 1.47 bits per heavy atom. The highest BCUT2D eigenvalue weighted by Crippen LogP contribution is 2.34. The van der Waals surface area contributed by atoms with E-state index in [2.05, 4.69) is 21.3 Å². The third-order valence-electron chi connectivity index (χ3n) is 3.11. The lowest BCUT2D eigenvalue weighted by Crippen LogP contribution is -2.20. The molecule has 1 aromatic heterocycles. The molecule has 0 saturated carbocycles. The zero-order valence-electron chi connectivity index (χ0n) is 9.81. The Bertz CT molecular complexity index is 547. The summed E-state index contributed by atoms with van der Waals surface area (Å²) in [6.07, 6.45) is 1.09. The van der Waals surface area contributed by atoms with Gasteiger partial charge >= 0.3 is 0 Å². The van der Waals surface area contributed by atoms with Crippen molar-refractivity contribution in [3.63, 3.8) is 0 Å². The molecule has 3 rings (SSSR count). The first kappa shape index (κ1) is 10.6. The third kappa shape index (κ3) is 1.89. The predicted molar refractivity (Wildman–Crippen MR) is 72.5 cm³/mol. The minimum Gasteiger partial charge on any atom is -0.397 e. The molecule has 0 bridgehead atoms. The van der Waals surface area contributed by atoms with E-state index in [0.717, 1.165) is 30.9 Å². The maximum absolute atomic E-state index is 6.06. The van der Waals surface area contributed by atoms with Crippen molar-refractivity contribution in [1.29, 1.82) is 0 Å². The number of nitrogen functional groups attached to an aromatic ring is 1. The molecule has 2 N–H and O–H groups in total. The summed E-state index contributed by atoms with van der Waals surface area (Å²) in [7, 11) is 0. The minimum absolute atomic E-state index is 0.875. The zero-order chi connectivity index (χ0) is 11.8. The fraction of sp³-hybridized carbons (Fsp3) is 0.308. The van der Waals surface area contributed by atoms with Gasteiger partial charge in [0.15, 0.2) is 0 Å². The van der Waals surface area contributed by atoms with Crippen molar-refractivity contribution in [2.45, 2.75) is 19.9 Å².